The number of ether oxygens (including phenoxy) is 1. The Morgan fingerprint density at radius 1 is 0.467 bits per heavy atom. The van der Waals surface area contributed by atoms with Crippen molar-refractivity contribution in [3.05, 3.63) is 235 Å². The van der Waals surface area contributed by atoms with Crippen molar-refractivity contribution in [2.45, 2.75) is 59.2 Å². The number of benzene rings is 9. The monoisotopic (exact) mass is 990 g/mol. The molecular weight excluding hydrogens is 915 g/mol. The Labute approximate surface area is 461 Å². The number of hydrogen-bond acceptors (Lipinski definition) is 4. The highest BCUT2D eigenvalue weighted by molar-refractivity contribution is 6.11. The zero-order chi connectivity index (χ0) is 65.0. The molecule has 13 rings (SSSR count). The van der Waals surface area contributed by atoms with E-state index in [0.29, 0.717) is 56.8 Å². The van der Waals surface area contributed by atoms with E-state index in [2.05, 4.69) is 81.7 Å². The van der Waals surface area contributed by atoms with Gasteiger partial charge in [-0.15, -0.1) is 0 Å². The molecule has 0 radical (unpaired) electrons. The molecule has 0 N–H and O–H groups in total. The number of aromatic nitrogens is 3. The SMILES string of the molecule is [2H]c1c([2H])c([2H])c(-c2cnc(-n3c4ccc(-c5cccc(-n6c7c([2H])c([2H])c([2H])c([2H])c7c7c([2H])c([2H])c([2H])c([2H])c76)c5)cc4c4ccc(Oc5cccc(N6CN(c7cc(C(C)(C)C)cc(C(C)(C)C)c7)c7ccccc76)c5)cc43)cc2C([2H])([2H])[2H])c([2H])c1[2H]. The van der Waals surface area contributed by atoms with Gasteiger partial charge in [0.25, 0.3) is 0 Å². The van der Waals surface area contributed by atoms with Crippen LogP contribution in [0.2, 0.25) is 0 Å². The standard InChI is InChI=1S/C69H59N5O/c1-45-35-67(70-43-60(45)46-19-9-8-10-20-46)74-63-34-31-48(47-21-17-23-52(36-47)73-61-27-13-11-25-56(61)57-26-12-14-28-62(57)73)37-59(63)58-33-32-55(42-66(58)74)75-54-24-18-22-51(41-54)71-44-72(65-30-16-15-29-64(65)71)53-39-49(68(2,3)4)38-50(40-53)69(5,6)7/h8-43H,44H2,1-7H3/i1D3,8D,9D,10D,11D,12D,13D,14D,19D,20D,25D,26D,27D,28D. The Bertz CT molecular complexity index is 4960. The minimum Gasteiger partial charge on any atom is -0.457 e. The third-order valence-electron chi connectivity index (χ3n) is 14.2. The minimum atomic E-state index is -2.87. The summed E-state index contributed by atoms with van der Waals surface area (Å²) in [6.07, 6.45) is 1.23. The number of nitrogens with zero attached hydrogens (tertiary/aromatic N) is 5. The maximum atomic E-state index is 9.10. The van der Waals surface area contributed by atoms with E-state index in [0.717, 1.165) is 22.7 Å². The smallest absolute Gasteiger partial charge is 0.137 e. The van der Waals surface area contributed by atoms with Gasteiger partial charge in [-0.2, -0.15) is 0 Å². The lowest BCUT2D eigenvalue weighted by atomic mass is 9.80. The summed E-state index contributed by atoms with van der Waals surface area (Å²) in [6, 6.07) is 35.7. The fourth-order valence-electron chi connectivity index (χ4n) is 10.3. The highest BCUT2D eigenvalue weighted by Crippen LogP contribution is 2.47. The zero-order valence-electron chi connectivity index (χ0n) is 58.1. The van der Waals surface area contributed by atoms with E-state index >= 15 is 0 Å². The largest absolute Gasteiger partial charge is 0.457 e. The summed E-state index contributed by atoms with van der Waals surface area (Å²) in [5.41, 5.74) is 8.32. The number of para-hydroxylation sites is 4. The molecule has 0 spiro atoms. The van der Waals surface area contributed by atoms with E-state index in [9.17, 15) is 0 Å². The molecule has 0 bridgehead atoms. The van der Waals surface area contributed by atoms with Crippen molar-refractivity contribution in [1.29, 1.82) is 0 Å². The summed E-state index contributed by atoms with van der Waals surface area (Å²) in [7, 11) is 0. The molecule has 0 saturated carbocycles. The number of aryl methyl sites for hydroxylation is 1. The van der Waals surface area contributed by atoms with Crippen LogP contribution in [0.5, 0.6) is 11.5 Å². The van der Waals surface area contributed by atoms with Gasteiger partial charge in [0.2, 0.25) is 0 Å². The third-order valence-corrected chi connectivity index (χ3v) is 14.2. The molecule has 0 atom stereocenters. The summed E-state index contributed by atoms with van der Waals surface area (Å²) < 4.78 is 150. The molecule has 0 saturated heterocycles. The first-order valence-corrected chi connectivity index (χ1v) is 24.8. The van der Waals surface area contributed by atoms with Crippen LogP contribution in [0.4, 0.5) is 22.7 Å². The maximum Gasteiger partial charge on any atom is 0.137 e. The third kappa shape index (κ3) is 8.09. The molecule has 0 aliphatic carbocycles. The molecule has 9 aromatic carbocycles. The molecule has 0 unspecified atom stereocenters. The number of pyridine rings is 1. The molecule has 1 aliphatic heterocycles. The number of hydrogen-bond donors (Lipinski definition) is 0. The highest BCUT2D eigenvalue weighted by atomic mass is 16.5. The summed E-state index contributed by atoms with van der Waals surface area (Å²) in [6.45, 7) is 11.0. The van der Waals surface area contributed by atoms with Crippen LogP contribution < -0.4 is 14.5 Å². The summed E-state index contributed by atoms with van der Waals surface area (Å²) in [5, 5.41) is 1.28. The van der Waals surface area contributed by atoms with E-state index in [-0.39, 0.29) is 55.1 Å². The maximum absolute atomic E-state index is 9.10. The van der Waals surface area contributed by atoms with Crippen molar-refractivity contribution in [2.75, 3.05) is 16.5 Å². The van der Waals surface area contributed by atoms with E-state index in [1.54, 1.807) is 22.8 Å². The molecule has 4 heterocycles. The molecule has 6 nitrogen and oxygen atoms in total. The normalized spacial score (nSPS) is 16.1. The molecule has 366 valence electrons. The van der Waals surface area contributed by atoms with Gasteiger partial charge in [-0.3, -0.25) is 4.57 Å². The van der Waals surface area contributed by atoms with Crippen LogP contribution in [0.15, 0.2) is 218 Å². The van der Waals surface area contributed by atoms with Crippen LogP contribution in [0.1, 0.15) is 80.2 Å². The van der Waals surface area contributed by atoms with Crippen LogP contribution in [0.25, 0.3) is 77.4 Å². The predicted octanol–water partition coefficient (Wildman–Crippen LogP) is 18.6. The second-order valence-electron chi connectivity index (χ2n) is 21.0. The van der Waals surface area contributed by atoms with Crippen molar-refractivity contribution in [1.82, 2.24) is 14.1 Å². The van der Waals surface area contributed by atoms with Gasteiger partial charge < -0.3 is 19.1 Å². The first-order valence-electron chi connectivity index (χ1n) is 32.8. The lowest BCUT2D eigenvalue weighted by molar-refractivity contribution is 0.483. The number of rotatable bonds is 8. The summed E-state index contributed by atoms with van der Waals surface area (Å²) in [4.78, 5) is 9.42. The van der Waals surface area contributed by atoms with E-state index in [4.69, 9.17) is 31.7 Å². The zero-order valence-corrected chi connectivity index (χ0v) is 42.1. The van der Waals surface area contributed by atoms with Gasteiger partial charge in [0.05, 0.1) is 51.3 Å². The van der Waals surface area contributed by atoms with E-state index in [1.165, 1.54) is 28.0 Å². The quantitative estimate of drug-likeness (QED) is 0.152. The molecule has 1 aliphatic rings. The van der Waals surface area contributed by atoms with Crippen molar-refractivity contribution < 1.29 is 26.7 Å². The second-order valence-corrected chi connectivity index (χ2v) is 21.0. The topological polar surface area (TPSA) is 38.5 Å². The van der Waals surface area contributed by atoms with Gasteiger partial charge in [-0.25, -0.2) is 4.98 Å². The van der Waals surface area contributed by atoms with Gasteiger partial charge >= 0.3 is 0 Å². The van der Waals surface area contributed by atoms with Crippen LogP contribution in [0.3, 0.4) is 0 Å². The van der Waals surface area contributed by atoms with Crippen molar-refractivity contribution in [2.24, 2.45) is 0 Å². The average molecular weight is 990 g/mol. The van der Waals surface area contributed by atoms with Gasteiger partial charge in [0.1, 0.15) is 24.0 Å². The Kier molecular flexibility index (Phi) is 7.46. The van der Waals surface area contributed by atoms with Crippen LogP contribution >= 0.6 is 0 Å². The second kappa shape index (κ2) is 17.7. The molecule has 6 heteroatoms. The Hall–Kier alpha value is -8.87. The molecule has 75 heavy (non-hydrogen) atoms. The lowest BCUT2D eigenvalue weighted by Crippen LogP contribution is -2.25. The summed E-state index contributed by atoms with van der Waals surface area (Å²) >= 11 is 0. The molecular formula is C69H59N5O. The van der Waals surface area contributed by atoms with Gasteiger partial charge in [0.15, 0.2) is 0 Å². The molecule has 12 aromatic rings. The molecule has 3 aromatic heterocycles. The van der Waals surface area contributed by atoms with Crippen molar-refractivity contribution in [3.8, 4) is 45.3 Å². The fraction of sp³-hybridized carbons (Fsp3) is 0.145. The van der Waals surface area contributed by atoms with Gasteiger partial charge in [-0.05, 0) is 142 Å². The first kappa shape index (κ1) is 31.7. The van der Waals surface area contributed by atoms with Crippen LogP contribution in [-0.4, -0.2) is 20.8 Å². The van der Waals surface area contributed by atoms with Gasteiger partial charge in [-0.1, -0.05) is 150 Å². The first-order chi connectivity index (χ1) is 42.9. The lowest BCUT2D eigenvalue weighted by Gasteiger charge is -2.29. The Morgan fingerprint density at radius 2 is 1.11 bits per heavy atom. The minimum absolute atomic E-state index is 0.0181. The number of fused-ring (bicyclic) bond motifs is 7. The van der Waals surface area contributed by atoms with E-state index in [1.807, 2.05) is 78.9 Å². The van der Waals surface area contributed by atoms with Crippen LogP contribution in [0, 0.1) is 6.85 Å². The Balaban J connectivity index is 0.955. The van der Waals surface area contributed by atoms with E-state index < -0.39 is 85.4 Å². The van der Waals surface area contributed by atoms with Crippen molar-refractivity contribution >= 4 is 66.4 Å². The van der Waals surface area contributed by atoms with Crippen LogP contribution in [-0.2, 0) is 10.8 Å². The Morgan fingerprint density at radius 3 is 1.81 bits per heavy atom. The highest BCUT2D eigenvalue weighted by Gasteiger charge is 2.30. The molecule has 0 fully saturated rings. The fourth-order valence-corrected chi connectivity index (χ4v) is 10.3. The molecule has 0 amide bonds. The average Bonchev–Trinajstić information content (AvgIpc) is 1.57. The number of anilines is 4. The predicted molar refractivity (Wildman–Crippen MR) is 314 cm³/mol. The van der Waals surface area contributed by atoms with Gasteiger partial charge in [0, 0.05) is 66.6 Å². The summed E-state index contributed by atoms with van der Waals surface area (Å²) in [5.74, 6) is 1.09. The van der Waals surface area contributed by atoms with Crippen molar-refractivity contribution in [3.63, 3.8) is 0 Å².